The molecule has 2 heterocycles. The summed E-state index contributed by atoms with van der Waals surface area (Å²) in [6, 6.07) is 5.67. The second kappa shape index (κ2) is 6.78. The average molecular weight is 304 g/mol. The number of carbonyl (C=O) groups excluding carboxylic acids is 1. The van der Waals surface area contributed by atoms with Crippen LogP contribution in [0.4, 0.5) is 0 Å². The Morgan fingerprint density at radius 3 is 2.76 bits per heavy atom. The van der Waals surface area contributed by atoms with E-state index in [0.29, 0.717) is 18.8 Å². The second-order valence-corrected chi connectivity index (χ2v) is 5.84. The average Bonchev–Trinajstić information content (AvgIpc) is 2.94. The van der Waals surface area contributed by atoms with E-state index in [1.54, 1.807) is 10.3 Å². The smallest absolute Gasteiger partial charge is 0.273 e. The molecule has 2 aromatic rings. The Kier molecular flexibility index (Phi) is 5.03. The predicted octanol–water partition coefficient (Wildman–Crippen LogP) is 2.53. The molecule has 6 heteroatoms. The molecule has 2 rings (SSSR count). The summed E-state index contributed by atoms with van der Waals surface area (Å²) in [5.74, 6) is -0.0797. The lowest BCUT2D eigenvalue weighted by molar-refractivity contribution is 0.0745. The van der Waals surface area contributed by atoms with E-state index in [1.807, 2.05) is 39.0 Å². The van der Waals surface area contributed by atoms with Crippen LogP contribution in [0.5, 0.6) is 0 Å². The highest BCUT2D eigenvalue weighted by Crippen LogP contribution is 2.17. The largest absolute Gasteiger partial charge is 0.332 e. The number of hydrogen-bond donors (Lipinski definition) is 1. The van der Waals surface area contributed by atoms with Gasteiger partial charge in [-0.2, -0.15) is 0 Å². The van der Waals surface area contributed by atoms with Gasteiger partial charge in [0, 0.05) is 17.6 Å². The number of carbonyl (C=O) groups is 1. The van der Waals surface area contributed by atoms with E-state index in [2.05, 4.69) is 9.97 Å². The highest BCUT2D eigenvalue weighted by Gasteiger charge is 2.19. The van der Waals surface area contributed by atoms with Gasteiger partial charge in [0.05, 0.1) is 18.3 Å². The third kappa shape index (κ3) is 3.86. The summed E-state index contributed by atoms with van der Waals surface area (Å²) in [6.07, 6.45) is 0. The van der Waals surface area contributed by atoms with Crippen molar-refractivity contribution in [3.63, 3.8) is 0 Å². The van der Waals surface area contributed by atoms with Gasteiger partial charge < -0.3 is 10.6 Å². The molecule has 0 spiro atoms. The molecular weight excluding hydrogens is 284 g/mol. The molecule has 0 saturated carbocycles. The van der Waals surface area contributed by atoms with Crippen molar-refractivity contribution in [1.29, 1.82) is 0 Å². The molecule has 1 unspecified atom stereocenters. The van der Waals surface area contributed by atoms with Crippen LogP contribution >= 0.6 is 11.3 Å². The molecule has 0 bridgehead atoms. The minimum atomic E-state index is -0.148. The molecule has 0 saturated heterocycles. The number of nitrogens with zero attached hydrogens (tertiary/aromatic N) is 3. The molecule has 5 nitrogen and oxygen atoms in total. The van der Waals surface area contributed by atoms with E-state index in [1.165, 1.54) is 11.3 Å². The van der Waals surface area contributed by atoms with Crippen LogP contribution in [0.1, 0.15) is 46.8 Å². The third-order valence-electron chi connectivity index (χ3n) is 3.10. The number of amides is 1. The Morgan fingerprint density at radius 1 is 1.43 bits per heavy atom. The first-order valence-corrected chi connectivity index (χ1v) is 7.82. The van der Waals surface area contributed by atoms with E-state index in [0.717, 1.165) is 16.4 Å². The van der Waals surface area contributed by atoms with Crippen LogP contribution in [-0.2, 0) is 6.54 Å². The molecule has 2 aromatic heterocycles. The Labute approximate surface area is 128 Å². The number of aromatic nitrogens is 2. The first kappa shape index (κ1) is 15.6. The highest BCUT2D eigenvalue weighted by atomic mass is 32.1. The van der Waals surface area contributed by atoms with Crippen LogP contribution in [0.3, 0.4) is 0 Å². The van der Waals surface area contributed by atoms with Gasteiger partial charge in [-0.3, -0.25) is 9.78 Å². The molecule has 112 valence electrons. The summed E-state index contributed by atoms with van der Waals surface area (Å²) in [4.78, 5) is 23.0. The maximum absolute atomic E-state index is 12.5. The summed E-state index contributed by atoms with van der Waals surface area (Å²) in [5, 5.41) is 2.55. The molecule has 0 aliphatic rings. The van der Waals surface area contributed by atoms with E-state index in [9.17, 15) is 4.79 Å². The summed E-state index contributed by atoms with van der Waals surface area (Å²) in [5.41, 5.74) is 8.08. The zero-order valence-corrected chi connectivity index (χ0v) is 13.4. The van der Waals surface area contributed by atoms with Gasteiger partial charge in [0.2, 0.25) is 0 Å². The molecule has 0 aliphatic heterocycles. The maximum Gasteiger partial charge on any atom is 0.273 e. The molecule has 1 amide bonds. The van der Waals surface area contributed by atoms with Crippen LogP contribution in [0.2, 0.25) is 0 Å². The van der Waals surface area contributed by atoms with Crippen LogP contribution in [-0.4, -0.2) is 27.3 Å². The van der Waals surface area contributed by atoms with Gasteiger partial charge in [-0.25, -0.2) is 4.98 Å². The van der Waals surface area contributed by atoms with Gasteiger partial charge in [-0.15, -0.1) is 11.3 Å². The first-order chi connectivity index (χ1) is 10.0. The zero-order valence-electron chi connectivity index (χ0n) is 12.5. The summed E-state index contributed by atoms with van der Waals surface area (Å²) >= 11 is 1.42. The zero-order chi connectivity index (χ0) is 15.4. The fourth-order valence-electron chi connectivity index (χ4n) is 1.97. The molecule has 1 atom stereocenters. The monoisotopic (exact) mass is 304 g/mol. The van der Waals surface area contributed by atoms with Gasteiger partial charge in [-0.1, -0.05) is 6.07 Å². The first-order valence-electron chi connectivity index (χ1n) is 6.94. The lowest BCUT2D eigenvalue weighted by Gasteiger charge is -2.19. The van der Waals surface area contributed by atoms with Crippen LogP contribution < -0.4 is 5.73 Å². The second-order valence-electron chi connectivity index (χ2n) is 4.95. The van der Waals surface area contributed by atoms with Crippen LogP contribution in [0.25, 0.3) is 0 Å². The summed E-state index contributed by atoms with van der Waals surface area (Å²) in [7, 11) is 0. The fraction of sp³-hybridized carbons (Fsp3) is 0.400. The van der Waals surface area contributed by atoms with Crippen molar-refractivity contribution in [1.82, 2.24) is 14.9 Å². The van der Waals surface area contributed by atoms with Crippen molar-refractivity contribution >= 4 is 17.2 Å². The van der Waals surface area contributed by atoms with Crippen molar-refractivity contribution in [3.8, 4) is 0 Å². The SMILES string of the molecule is CCN(Cc1cccc(C)n1)C(=O)c1csc(C(C)N)n1. The number of hydrogen-bond acceptors (Lipinski definition) is 5. The van der Waals surface area contributed by atoms with Crippen molar-refractivity contribution < 1.29 is 4.79 Å². The fourth-order valence-corrected chi connectivity index (χ4v) is 2.72. The maximum atomic E-state index is 12.5. The Bertz CT molecular complexity index is 624. The third-order valence-corrected chi connectivity index (χ3v) is 4.14. The van der Waals surface area contributed by atoms with E-state index in [4.69, 9.17) is 5.73 Å². The lowest BCUT2D eigenvalue weighted by atomic mass is 10.2. The summed E-state index contributed by atoms with van der Waals surface area (Å²) in [6.45, 7) is 6.85. The molecule has 0 aromatic carbocycles. The van der Waals surface area contributed by atoms with Crippen molar-refractivity contribution in [2.45, 2.75) is 33.4 Å². The quantitative estimate of drug-likeness (QED) is 0.921. The number of rotatable bonds is 5. The minimum Gasteiger partial charge on any atom is -0.332 e. The van der Waals surface area contributed by atoms with Gasteiger partial charge in [-0.05, 0) is 32.9 Å². The topological polar surface area (TPSA) is 72.1 Å². The standard InChI is InChI=1S/C15H20N4OS/c1-4-19(8-12-7-5-6-10(2)17-12)15(20)13-9-21-14(18-13)11(3)16/h5-7,9,11H,4,8,16H2,1-3H3. The number of pyridine rings is 1. The van der Waals surface area contributed by atoms with Gasteiger partial charge in [0.25, 0.3) is 5.91 Å². The van der Waals surface area contributed by atoms with Crippen LogP contribution in [0.15, 0.2) is 23.6 Å². The molecular formula is C15H20N4OS. The number of thiazole rings is 1. The van der Waals surface area contributed by atoms with Crippen molar-refractivity contribution in [2.75, 3.05) is 6.54 Å². The Hall–Kier alpha value is -1.79. The van der Waals surface area contributed by atoms with Crippen LogP contribution in [0, 0.1) is 6.92 Å². The lowest BCUT2D eigenvalue weighted by Crippen LogP contribution is -2.31. The highest BCUT2D eigenvalue weighted by molar-refractivity contribution is 7.09. The van der Waals surface area contributed by atoms with Crippen molar-refractivity contribution in [3.05, 3.63) is 45.7 Å². The van der Waals surface area contributed by atoms with Gasteiger partial charge >= 0.3 is 0 Å². The molecule has 0 fully saturated rings. The minimum absolute atomic E-state index is 0.0797. The molecule has 21 heavy (non-hydrogen) atoms. The molecule has 0 radical (unpaired) electrons. The Balaban J connectivity index is 2.14. The van der Waals surface area contributed by atoms with E-state index < -0.39 is 0 Å². The molecule has 2 N–H and O–H groups in total. The predicted molar refractivity (Wildman–Crippen MR) is 84.1 cm³/mol. The van der Waals surface area contributed by atoms with Gasteiger partial charge in [0.15, 0.2) is 0 Å². The van der Waals surface area contributed by atoms with Crippen molar-refractivity contribution in [2.24, 2.45) is 5.73 Å². The van der Waals surface area contributed by atoms with Gasteiger partial charge in [0.1, 0.15) is 10.7 Å². The Morgan fingerprint density at radius 2 is 2.19 bits per heavy atom. The van der Waals surface area contributed by atoms with E-state index in [-0.39, 0.29) is 11.9 Å². The molecule has 0 aliphatic carbocycles. The van der Waals surface area contributed by atoms with E-state index >= 15 is 0 Å². The number of nitrogens with two attached hydrogens (primary N) is 1. The number of aryl methyl sites for hydroxylation is 1. The summed E-state index contributed by atoms with van der Waals surface area (Å²) < 4.78 is 0. The normalized spacial score (nSPS) is 12.2.